The Morgan fingerprint density at radius 3 is 2.29 bits per heavy atom. The van der Waals surface area contributed by atoms with Crippen LogP contribution in [0.5, 0.6) is 0 Å². The van der Waals surface area contributed by atoms with Crippen molar-refractivity contribution >= 4 is 11.7 Å². The summed E-state index contributed by atoms with van der Waals surface area (Å²) in [5, 5.41) is 10.5. The lowest BCUT2D eigenvalue weighted by Gasteiger charge is -2.09. The number of Topliss-reactive ketones (excluding diaryl/α,β-unsaturated/α-hetero) is 1. The lowest BCUT2D eigenvalue weighted by molar-refractivity contribution is -0.121. The fourth-order valence-corrected chi connectivity index (χ4v) is 2.04. The van der Waals surface area contributed by atoms with E-state index >= 15 is 0 Å². The normalized spacial score (nSPS) is 12.2. The maximum atomic E-state index is 12.8. The van der Waals surface area contributed by atoms with Gasteiger partial charge in [0.05, 0.1) is 0 Å². The van der Waals surface area contributed by atoms with Crippen LogP contribution in [0.3, 0.4) is 0 Å². The summed E-state index contributed by atoms with van der Waals surface area (Å²) in [4.78, 5) is 23.9. The van der Waals surface area contributed by atoms with Crippen LogP contribution in [-0.4, -0.2) is 21.9 Å². The Kier molecular flexibility index (Phi) is 5.78. The maximum absolute atomic E-state index is 12.8. The third kappa shape index (κ3) is 4.71. The van der Waals surface area contributed by atoms with Gasteiger partial charge in [-0.1, -0.05) is 13.8 Å². The topological polar surface area (TPSA) is 85.1 Å². The van der Waals surface area contributed by atoms with Crippen LogP contribution >= 0.6 is 0 Å². The van der Waals surface area contributed by atoms with Crippen LogP contribution in [0.1, 0.15) is 67.7 Å². The first-order chi connectivity index (χ1) is 11.4. The van der Waals surface area contributed by atoms with Crippen molar-refractivity contribution in [2.45, 2.75) is 45.6 Å². The van der Waals surface area contributed by atoms with Gasteiger partial charge in [0.15, 0.2) is 5.78 Å². The van der Waals surface area contributed by atoms with Gasteiger partial charge in [0.25, 0.3) is 0 Å². The van der Waals surface area contributed by atoms with Crippen LogP contribution in [0, 0.1) is 5.82 Å². The lowest BCUT2D eigenvalue weighted by atomic mass is 10.1. The second-order valence-electron chi connectivity index (χ2n) is 5.85. The molecule has 0 spiro atoms. The van der Waals surface area contributed by atoms with Gasteiger partial charge in [0, 0.05) is 24.3 Å². The number of nitrogens with one attached hydrogen (secondary N) is 1. The van der Waals surface area contributed by atoms with E-state index in [2.05, 4.69) is 15.5 Å². The number of ketones is 1. The first-order valence-electron chi connectivity index (χ1n) is 7.78. The molecular formula is C17H20FN3O3. The van der Waals surface area contributed by atoms with Crippen LogP contribution in [0.25, 0.3) is 0 Å². The molecule has 1 N–H and O–H groups in total. The summed E-state index contributed by atoms with van der Waals surface area (Å²) in [5.41, 5.74) is 0.385. The predicted octanol–water partition coefficient (Wildman–Crippen LogP) is 3.17. The monoisotopic (exact) mass is 333 g/mol. The first-order valence-corrected chi connectivity index (χ1v) is 7.78. The van der Waals surface area contributed by atoms with Gasteiger partial charge in [-0.05, 0) is 31.2 Å². The molecule has 2 aromatic rings. The first kappa shape index (κ1) is 17.8. The average Bonchev–Trinajstić information content (AvgIpc) is 3.03. The Bertz CT molecular complexity index is 710. The van der Waals surface area contributed by atoms with E-state index in [1.165, 1.54) is 24.3 Å². The van der Waals surface area contributed by atoms with Crippen molar-refractivity contribution in [1.29, 1.82) is 0 Å². The molecule has 1 aromatic heterocycles. The fraction of sp³-hybridized carbons (Fsp3) is 0.412. The van der Waals surface area contributed by atoms with Gasteiger partial charge >= 0.3 is 0 Å². The number of benzene rings is 1. The Morgan fingerprint density at radius 2 is 1.71 bits per heavy atom. The van der Waals surface area contributed by atoms with Crippen molar-refractivity contribution in [3.63, 3.8) is 0 Å². The van der Waals surface area contributed by atoms with Gasteiger partial charge in [-0.2, -0.15) is 0 Å². The van der Waals surface area contributed by atoms with E-state index in [0.29, 0.717) is 17.3 Å². The molecule has 0 saturated heterocycles. The van der Waals surface area contributed by atoms with E-state index in [4.69, 9.17) is 4.42 Å². The molecule has 0 aliphatic carbocycles. The van der Waals surface area contributed by atoms with Gasteiger partial charge in [-0.15, -0.1) is 10.2 Å². The lowest BCUT2D eigenvalue weighted by Crippen LogP contribution is -2.27. The fourth-order valence-electron chi connectivity index (χ4n) is 2.04. The maximum Gasteiger partial charge on any atom is 0.238 e. The SMILES string of the molecule is CC(C)c1nnc([C@H](C)NC(=O)CCC(=O)c2ccc(F)cc2)o1. The highest BCUT2D eigenvalue weighted by Crippen LogP contribution is 2.17. The highest BCUT2D eigenvalue weighted by Gasteiger charge is 2.18. The van der Waals surface area contributed by atoms with Crippen molar-refractivity contribution in [3.05, 3.63) is 47.4 Å². The molecule has 1 atom stereocenters. The predicted molar refractivity (Wildman–Crippen MR) is 84.9 cm³/mol. The number of rotatable bonds is 7. The smallest absolute Gasteiger partial charge is 0.238 e. The minimum atomic E-state index is -0.432. The van der Waals surface area contributed by atoms with E-state index in [1.807, 2.05) is 13.8 Å². The molecule has 1 heterocycles. The zero-order valence-corrected chi connectivity index (χ0v) is 13.9. The molecule has 0 bridgehead atoms. The van der Waals surface area contributed by atoms with Crippen LogP contribution in [0.2, 0.25) is 0 Å². The van der Waals surface area contributed by atoms with Crippen molar-refractivity contribution < 1.29 is 18.4 Å². The molecule has 0 aliphatic heterocycles. The van der Waals surface area contributed by atoms with Crippen molar-refractivity contribution in [3.8, 4) is 0 Å². The van der Waals surface area contributed by atoms with E-state index < -0.39 is 11.9 Å². The molecule has 1 aromatic carbocycles. The molecule has 2 rings (SSSR count). The van der Waals surface area contributed by atoms with E-state index in [-0.39, 0.29) is 30.4 Å². The Labute approximate surface area is 139 Å². The Balaban J connectivity index is 1.83. The van der Waals surface area contributed by atoms with Gasteiger partial charge in [0.1, 0.15) is 11.9 Å². The standard InChI is InChI=1S/C17H20FN3O3/c1-10(2)16-20-21-17(24-16)11(3)19-15(23)9-8-14(22)12-4-6-13(18)7-5-12/h4-7,10-11H,8-9H2,1-3H3,(H,19,23)/t11-/m0/s1. The summed E-state index contributed by atoms with van der Waals surface area (Å²) in [5.74, 6) is 0.0513. The molecule has 0 saturated carbocycles. The summed E-state index contributed by atoms with van der Waals surface area (Å²) < 4.78 is 18.3. The van der Waals surface area contributed by atoms with Crippen molar-refractivity contribution in [2.24, 2.45) is 0 Å². The quantitative estimate of drug-likeness (QED) is 0.787. The van der Waals surface area contributed by atoms with Crippen molar-refractivity contribution in [2.75, 3.05) is 0 Å². The number of carbonyl (C=O) groups is 2. The minimum absolute atomic E-state index is 0.0335. The molecule has 24 heavy (non-hydrogen) atoms. The number of aromatic nitrogens is 2. The molecule has 6 nitrogen and oxygen atoms in total. The van der Waals surface area contributed by atoms with Crippen molar-refractivity contribution in [1.82, 2.24) is 15.5 Å². The van der Waals surface area contributed by atoms with Gasteiger partial charge in [-0.3, -0.25) is 9.59 Å². The molecule has 7 heteroatoms. The van der Waals surface area contributed by atoms with Crippen LogP contribution in [-0.2, 0) is 4.79 Å². The number of carbonyl (C=O) groups excluding carboxylic acids is 2. The third-order valence-electron chi connectivity index (χ3n) is 3.44. The van der Waals surface area contributed by atoms with E-state index in [9.17, 15) is 14.0 Å². The van der Waals surface area contributed by atoms with Crippen LogP contribution in [0.4, 0.5) is 4.39 Å². The summed E-state index contributed by atoms with van der Waals surface area (Å²) in [6.07, 6.45) is 0.0803. The molecule has 128 valence electrons. The molecule has 0 unspecified atom stereocenters. The zero-order valence-electron chi connectivity index (χ0n) is 13.9. The molecule has 0 radical (unpaired) electrons. The second kappa shape index (κ2) is 7.81. The minimum Gasteiger partial charge on any atom is -0.423 e. The van der Waals surface area contributed by atoms with E-state index in [0.717, 1.165) is 0 Å². The molecule has 0 aliphatic rings. The number of hydrogen-bond acceptors (Lipinski definition) is 5. The largest absolute Gasteiger partial charge is 0.423 e. The summed E-state index contributed by atoms with van der Waals surface area (Å²) in [7, 11) is 0. The highest BCUT2D eigenvalue weighted by atomic mass is 19.1. The number of halogens is 1. The third-order valence-corrected chi connectivity index (χ3v) is 3.44. The summed E-state index contributed by atoms with van der Waals surface area (Å²) in [6, 6.07) is 4.82. The van der Waals surface area contributed by atoms with E-state index in [1.54, 1.807) is 6.92 Å². The summed E-state index contributed by atoms with van der Waals surface area (Å²) >= 11 is 0. The van der Waals surface area contributed by atoms with Gasteiger partial charge in [0.2, 0.25) is 17.7 Å². The number of hydrogen-bond donors (Lipinski definition) is 1. The van der Waals surface area contributed by atoms with Crippen LogP contribution < -0.4 is 5.32 Å². The van der Waals surface area contributed by atoms with Crippen LogP contribution in [0.15, 0.2) is 28.7 Å². The Hall–Kier alpha value is -2.57. The van der Waals surface area contributed by atoms with Gasteiger partial charge in [-0.25, -0.2) is 4.39 Å². The summed E-state index contributed by atoms with van der Waals surface area (Å²) in [6.45, 7) is 5.60. The number of amides is 1. The average molecular weight is 333 g/mol. The molecule has 0 fully saturated rings. The Morgan fingerprint density at radius 1 is 1.08 bits per heavy atom. The number of nitrogens with zero attached hydrogens (tertiary/aromatic N) is 2. The second-order valence-corrected chi connectivity index (χ2v) is 5.85. The highest BCUT2D eigenvalue weighted by molar-refractivity contribution is 5.97. The van der Waals surface area contributed by atoms with Gasteiger partial charge < -0.3 is 9.73 Å². The zero-order chi connectivity index (χ0) is 17.7. The molecule has 1 amide bonds. The molecular weight excluding hydrogens is 313 g/mol.